The van der Waals surface area contributed by atoms with Gasteiger partial charge in [-0.2, -0.15) is 0 Å². The smallest absolute Gasteiger partial charge is 0.280 e. The van der Waals surface area contributed by atoms with Crippen LogP contribution < -0.4 is 21.1 Å². The van der Waals surface area contributed by atoms with E-state index in [2.05, 4.69) is 32.5 Å². The SMILES string of the molecule is CC#CN1c2c(nc(CC(C)=O)n(C)c2=O)NC1N1CCNCC1. The second-order valence-corrected chi connectivity index (χ2v) is 6.00. The van der Waals surface area contributed by atoms with Gasteiger partial charge in [-0.05, 0) is 13.8 Å². The monoisotopic (exact) mass is 330 g/mol. The van der Waals surface area contributed by atoms with Gasteiger partial charge >= 0.3 is 0 Å². The number of hydrogen-bond acceptors (Lipinski definition) is 7. The summed E-state index contributed by atoms with van der Waals surface area (Å²) in [4.78, 5) is 32.7. The van der Waals surface area contributed by atoms with Crippen LogP contribution in [0.2, 0.25) is 0 Å². The first-order valence-electron chi connectivity index (χ1n) is 8.05. The Morgan fingerprint density at radius 1 is 1.38 bits per heavy atom. The number of fused-ring (bicyclic) bond motifs is 1. The summed E-state index contributed by atoms with van der Waals surface area (Å²) < 4.78 is 1.44. The van der Waals surface area contributed by atoms with Crippen molar-refractivity contribution in [1.29, 1.82) is 0 Å². The molecule has 2 aliphatic rings. The van der Waals surface area contributed by atoms with E-state index in [1.807, 2.05) is 0 Å². The first-order valence-corrected chi connectivity index (χ1v) is 8.05. The van der Waals surface area contributed by atoms with Gasteiger partial charge in [0.1, 0.15) is 11.6 Å². The van der Waals surface area contributed by atoms with E-state index < -0.39 is 0 Å². The molecule has 128 valence electrons. The Kier molecular flexibility index (Phi) is 4.55. The fourth-order valence-electron chi connectivity index (χ4n) is 3.06. The lowest BCUT2D eigenvalue weighted by atomic mass is 10.3. The fraction of sp³-hybridized carbons (Fsp3) is 0.562. The molecule has 8 nitrogen and oxygen atoms in total. The van der Waals surface area contributed by atoms with Crippen LogP contribution in [0.15, 0.2) is 4.79 Å². The number of nitrogens with zero attached hydrogens (tertiary/aromatic N) is 4. The number of anilines is 2. The highest BCUT2D eigenvalue weighted by Gasteiger charge is 2.37. The van der Waals surface area contributed by atoms with Gasteiger partial charge in [-0.3, -0.25) is 24.0 Å². The maximum absolute atomic E-state index is 12.8. The molecule has 1 aromatic heterocycles. The second kappa shape index (κ2) is 6.63. The van der Waals surface area contributed by atoms with Crippen molar-refractivity contribution >= 4 is 17.3 Å². The zero-order chi connectivity index (χ0) is 17.3. The number of aromatic nitrogens is 2. The molecule has 0 amide bonds. The molecular formula is C16H22N6O2. The lowest BCUT2D eigenvalue weighted by molar-refractivity contribution is -0.116. The molecule has 3 heterocycles. The van der Waals surface area contributed by atoms with Crippen LogP contribution in [0.5, 0.6) is 0 Å². The average molecular weight is 330 g/mol. The van der Waals surface area contributed by atoms with Crippen molar-refractivity contribution in [2.75, 3.05) is 36.4 Å². The molecule has 0 aliphatic carbocycles. The number of Topliss-reactive ketones (excluding diaryl/α,β-unsaturated/α-hetero) is 1. The highest BCUT2D eigenvalue weighted by atomic mass is 16.1. The van der Waals surface area contributed by atoms with Gasteiger partial charge in [-0.1, -0.05) is 5.92 Å². The molecule has 0 bridgehead atoms. The summed E-state index contributed by atoms with van der Waals surface area (Å²) in [6.07, 6.45) is -0.0827. The Morgan fingerprint density at radius 2 is 2.08 bits per heavy atom. The van der Waals surface area contributed by atoms with Crippen molar-refractivity contribution in [2.45, 2.75) is 26.6 Å². The average Bonchev–Trinajstić information content (AvgIpc) is 2.91. The Morgan fingerprint density at radius 3 is 2.71 bits per heavy atom. The number of rotatable bonds is 3. The predicted molar refractivity (Wildman–Crippen MR) is 91.6 cm³/mol. The van der Waals surface area contributed by atoms with Crippen molar-refractivity contribution in [3.63, 3.8) is 0 Å². The topological polar surface area (TPSA) is 82.5 Å². The van der Waals surface area contributed by atoms with E-state index in [0.29, 0.717) is 17.3 Å². The summed E-state index contributed by atoms with van der Waals surface area (Å²) >= 11 is 0. The Balaban J connectivity index is 2.03. The molecule has 0 saturated carbocycles. The van der Waals surface area contributed by atoms with Gasteiger partial charge in [-0.15, -0.1) is 0 Å². The standard InChI is InChI=1S/C16H22N6O2/c1-4-7-22-13-14(19-16(22)21-8-5-17-6-9-21)18-12(10-11(2)23)20(3)15(13)24/h16-17,19H,5-6,8-10H2,1-3H3. The lowest BCUT2D eigenvalue weighted by Gasteiger charge is -2.35. The van der Waals surface area contributed by atoms with E-state index in [1.54, 1.807) is 18.9 Å². The van der Waals surface area contributed by atoms with E-state index >= 15 is 0 Å². The molecule has 1 atom stereocenters. The number of hydrogen-bond donors (Lipinski definition) is 2. The Hall–Kier alpha value is -2.37. The minimum absolute atomic E-state index is 0.0284. The normalized spacial score (nSPS) is 20.1. The summed E-state index contributed by atoms with van der Waals surface area (Å²) in [5, 5.41) is 6.62. The minimum Gasteiger partial charge on any atom is -0.335 e. The van der Waals surface area contributed by atoms with Crippen LogP contribution in [-0.4, -0.2) is 52.7 Å². The minimum atomic E-state index is -0.220. The molecule has 1 aromatic rings. The van der Waals surface area contributed by atoms with Crippen molar-refractivity contribution in [3.05, 3.63) is 16.2 Å². The number of nitrogens with one attached hydrogen (secondary N) is 2. The maximum Gasteiger partial charge on any atom is 0.280 e. The summed E-state index contributed by atoms with van der Waals surface area (Å²) in [5.74, 6) is 3.81. The third-order valence-electron chi connectivity index (χ3n) is 4.25. The van der Waals surface area contributed by atoms with E-state index in [0.717, 1.165) is 26.2 Å². The molecule has 0 aromatic carbocycles. The third kappa shape index (κ3) is 2.88. The summed E-state index contributed by atoms with van der Waals surface area (Å²) in [7, 11) is 1.64. The molecule has 2 aliphatic heterocycles. The largest absolute Gasteiger partial charge is 0.335 e. The molecule has 2 N–H and O–H groups in total. The van der Waals surface area contributed by atoms with Gasteiger partial charge in [0.2, 0.25) is 0 Å². The summed E-state index contributed by atoms with van der Waals surface area (Å²) in [6, 6.07) is 3.01. The number of piperazine rings is 1. The molecule has 8 heteroatoms. The molecule has 24 heavy (non-hydrogen) atoms. The first kappa shape index (κ1) is 16.5. The van der Waals surface area contributed by atoms with Gasteiger partial charge < -0.3 is 10.6 Å². The van der Waals surface area contributed by atoms with Crippen molar-refractivity contribution < 1.29 is 4.79 Å². The lowest BCUT2D eigenvalue weighted by Crippen LogP contribution is -2.55. The quantitative estimate of drug-likeness (QED) is 0.710. The van der Waals surface area contributed by atoms with Crippen LogP contribution in [0, 0.1) is 12.0 Å². The summed E-state index contributed by atoms with van der Waals surface area (Å²) in [5.41, 5.74) is 0.256. The van der Waals surface area contributed by atoms with E-state index in [4.69, 9.17) is 0 Å². The Bertz CT molecular complexity index is 769. The number of carbonyl (C=O) groups excluding carboxylic acids is 1. The van der Waals surface area contributed by atoms with Crippen LogP contribution in [0.4, 0.5) is 11.5 Å². The number of carbonyl (C=O) groups is 1. The fourth-order valence-corrected chi connectivity index (χ4v) is 3.06. The van der Waals surface area contributed by atoms with Crippen molar-refractivity contribution in [2.24, 2.45) is 7.05 Å². The van der Waals surface area contributed by atoms with Gasteiger partial charge in [0.05, 0.1) is 6.42 Å². The predicted octanol–water partition coefficient (Wildman–Crippen LogP) is -0.687. The van der Waals surface area contributed by atoms with Crippen LogP contribution in [0.3, 0.4) is 0 Å². The number of ketones is 1. The van der Waals surface area contributed by atoms with Gasteiger partial charge in [0, 0.05) is 39.3 Å². The maximum atomic E-state index is 12.8. The zero-order valence-corrected chi connectivity index (χ0v) is 14.2. The van der Waals surface area contributed by atoms with Crippen LogP contribution in [0.25, 0.3) is 0 Å². The third-order valence-corrected chi connectivity index (χ3v) is 4.25. The molecule has 1 unspecified atom stereocenters. The van der Waals surface area contributed by atoms with E-state index in [9.17, 15) is 9.59 Å². The summed E-state index contributed by atoms with van der Waals surface area (Å²) in [6.45, 7) is 6.73. The van der Waals surface area contributed by atoms with E-state index in [-0.39, 0.29) is 24.1 Å². The molecule has 1 fully saturated rings. The van der Waals surface area contributed by atoms with Crippen molar-refractivity contribution in [1.82, 2.24) is 19.8 Å². The molecule has 1 saturated heterocycles. The highest BCUT2D eigenvalue weighted by molar-refractivity contribution is 5.78. The van der Waals surface area contributed by atoms with E-state index in [1.165, 1.54) is 11.5 Å². The van der Waals surface area contributed by atoms with Gasteiger partial charge in [0.25, 0.3) is 5.56 Å². The second-order valence-electron chi connectivity index (χ2n) is 6.00. The van der Waals surface area contributed by atoms with Crippen LogP contribution in [-0.2, 0) is 18.3 Å². The first-order chi connectivity index (χ1) is 11.5. The van der Waals surface area contributed by atoms with Gasteiger partial charge in [0.15, 0.2) is 17.8 Å². The zero-order valence-electron chi connectivity index (χ0n) is 14.2. The Labute approximate surface area is 140 Å². The molecule has 0 radical (unpaired) electrons. The molecular weight excluding hydrogens is 308 g/mol. The van der Waals surface area contributed by atoms with Crippen molar-refractivity contribution in [3.8, 4) is 12.0 Å². The highest BCUT2D eigenvalue weighted by Crippen LogP contribution is 2.30. The van der Waals surface area contributed by atoms with Crippen LogP contribution >= 0.6 is 0 Å². The molecule has 0 spiro atoms. The molecule has 3 rings (SSSR count). The van der Waals surface area contributed by atoms with Crippen LogP contribution in [0.1, 0.15) is 19.7 Å². The van der Waals surface area contributed by atoms with Gasteiger partial charge in [-0.25, -0.2) is 4.98 Å².